The van der Waals surface area contributed by atoms with E-state index in [1.165, 1.54) is 6.07 Å². The molecule has 0 spiro atoms. The second-order valence-corrected chi connectivity index (χ2v) is 11.5. The van der Waals surface area contributed by atoms with Crippen LogP contribution in [0.3, 0.4) is 0 Å². The molecular formula is C21H25FN4O6S2. The number of nitrogens with zero attached hydrogens (tertiary/aromatic N) is 1. The Kier molecular flexibility index (Phi) is 7.92. The molecule has 2 rings (SSSR count). The first-order chi connectivity index (χ1) is 15.7. The summed E-state index contributed by atoms with van der Waals surface area (Å²) < 4.78 is 67.7. The van der Waals surface area contributed by atoms with Crippen LogP contribution in [0.15, 0.2) is 34.1 Å². The van der Waals surface area contributed by atoms with Gasteiger partial charge >= 0.3 is 6.03 Å². The molecule has 0 aliphatic carbocycles. The average Bonchev–Trinajstić information content (AvgIpc) is 2.72. The van der Waals surface area contributed by atoms with Crippen molar-refractivity contribution in [1.82, 2.24) is 9.44 Å². The van der Waals surface area contributed by atoms with Gasteiger partial charge in [-0.15, -0.1) is 0 Å². The predicted molar refractivity (Wildman–Crippen MR) is 123 cm³/mol. The molecule has 0 saturated heterocycles. The zero-order valence-electron chi connectivity index (χ0n) is 19.1. The molecule has 0 fully saturated rings. The minimum atomic E-state index is -4.64. The number of benzene rings is 2. The van der Waals surface area contributed by atoms with Gasteiger partial charge in [0.1, 0.15) is 22.5 Å². The molecule has 2 aromatic carbocycles. The van der Waals surface area contributed by atoms with Crippen LogP contribution in [0.1, 0.15) is 56.2 Å². The number of rotatable bonds is 7. The van der Waals surface area contributed by atoms with Crippen molar-refractivity contribution in [3.63, 3.8) is 0 Å². The minimum absolute atomic E-state index is 0.0360. The average molecular weight is 513 g/mol. The van der Waals surface area contributed by atoms with Crippen molar-refractivity contribution in [2.24, 2.45) is 0 Å². The lowest BCUT2D eigenvalue weighted by Gasteiger charge is -2.22. The molecule has 10 nitrogen and oxygen atoms in total. The van der Waals surface area contributed by atoms with Crippen molar-refractivity contribution in [2.45, 2.75) is 49.3 Å². The van der Waals surface area contributed by atoms with E-state index in [1.807, 2.05) is 4.72 Å². The van der Waals surface area contributed by atoms with E-state index in [4.69, 9.17) is 0 Å². The molecule has 0 unspecified atom stereocenters. The SMILES string of the molecule is CNS(=O)(=O)c1ccc(S(=O)(=O)NC(=O)Nc2c(C(C)C)cc(C#N)c(F)c2C(C)C)c(O)c1. The number of phenolic OH excluding ortho intramolecular Hbond substituents is 1. The second-order valence-electron chi connectivity index (χ2n) is 7.93. The molecule has 0 aliphatic rings. The number of urea groups is 1. The van der Waals surface area contributed by atoms with Crippen LogP contribution < -0.4 is 14.8 Å². The lowest BCUT2D eigenvalue weighted by atomic mass is 9.90. The lowest BCUT2D eigenvalue weighted by molar-refractivity contribution is 0.256. The highest BCUT2D eigenvalue weighted by Gasteiger charge is 2.27. The number of phenols is 1. The number of nitrogens with one attached hydrogen (secondary N) is 3. The third-order valence-electron chi connectivity index (χ3n) is 4.92. The van der Waals surface area contributed by atoms with Gasteiger partial charge in [0.15, 0.2) is 0 Å². The van der Waals surface area contributed by atoms with Crippen LogP contribution in [0.2, 0.25) is 0 Å². The highest BCUT2D eigenvalue weighted by atomic mass is 32.2. The first-order valence-electron chi connectivity index (χ1n) is 10.0. The number of hydrogen-bond donors (Lipinski definition) is 4. The molecule has 2 amide bonds. The van der Waals surface area contributed by atoms with Gasteiger partial charge in [0.2, 0.25) is 10.0 Å². The molecule has 0 aromatic heterocycles. The van der Waals surface area contributed by atoms with Crippen LogP contribution in [0.4, 0.5) is 14.9 Å². The molecule has 0 bridgehead atoms. The number of amides is 2. The van der Waals surface area contributed by atoms with Gasteiger partial charge in [-0.3, -0.25) is 0 Å². The van der Waals surface area contributed by atoms with E-state index in [0.29, 0.717) is 5.56 Å². The highest BCUT2D eigenvalue weighted by Crippen LogP contribution is 2.36. The molecule has 0 aliphatic heterocycles. The Morgan fingerprint density at radius 1 is 1.06 bits per heavy atom. The molecule has 13 heteroatoms. The quantitative estimate of drug-likeness (QED) is 0.442. The summed E-state index contributed by atoms with van der Waals surface area (Å²) in [6, 6.07) is 4.33. The van der Waals surface area contributed by atoms with E-state index in [2.05, 4.69) is 5.32 Å². The first-order valence-corrected chi connectivity index (χ1v) is 13.0. The molecule has 184 valence electrons. The Hall–Kier alpha value is -3.21. The van der Waals surface area contributed by atoms with E-state index < -0.39 is 48.5 Å². The Morgan fingerprint density at radius 2 is 1.68 bits per heavy atom. The standard InChI is InChI=1S/C21H25FN4O6S2/c1-11(2)15-8-13(10-23)19(22)18(12(3)4)20(15)25-21(28)26-34(31,32)17-7-6-14(9-16(17)27)33(29,30)24-5/h6-9,11-12,24,27H,1-5H3,(H2,25,26,28). The minimum Gasteiger partial charge on any atom is -0.506 e. The van der Waals surface area contributed by atoms with Gasteiger partial charge in [0.05, 0.1) is 16.1 Å². The van der Waals surface area contributed by atoms with E-state index in [9.17, 15) is 36.4 Å². The lowest BCUT2D eigenvalue weighted by Crippen LogP contribution is -2.35. The van der Waals surface area contributed by atoms with Crippen molar-refractivity contribution in [3.05, 3.63) is 46.8 Å². The van der Waals surface area contributed by atoms with Crippen LogP contribution in [-0.4, -0.2) is 35.0 Å². The van der Waals surface area contributed by atoms with Gasteiger partial charge in [0.25, 0.3) is 10.0 Å². The Balaban J connectivity index is 2.47. The maximum absolute atomic E-state index is 14.9. The molecule has 4 N–H and O–H groups in total. The smallest absolute Gasteiger partial charge is 0.333 e. The normalized spacial score (nSPS) is 12.0. The third kappa shape index (κ3) is 5.46. The summed E-state index contributed by atoms with van der Waals surface area (Å²) in [7, 11) is -7.44. The summed E-state index contributed by atoms with van der Waals surface area (Å²) in [4.78, 5) is 11.5. The Labute approximate surface area is 197 Å². The van der Waals surface area contributed by atoms with Gasteiger partial charge in [-0.1, -0.05) is 27.7 Å². The molecular weight excluding hydrogens is 487 g/mol. The number of carbonyl (C=O) groups is 1. The fraction of sp³-hybridized carbons (Fsp3) is 0.333. The molecule has 0 heterocycles. The van der Waals surface area contributed by atoms with Crippen LogP contribution in [-0.2, 0) is 20.0 Å². The van der Waals surface area contributed by atoms with Gasteiger partial charge in [-0.25, -0.2) is 35.5 Å². The zero-order valence-corrected chi connectivity index (χ0v) is 20.7. The fourth-order valence-corrected chi connectivity index (χ4v) is 4.98. The van der Waals surface area contributed by atoms with E-state index >= 15 is 0 Å². The Bertz CT molecular complexity index is 1380. The van der Waals surface area contributed by atoms with E-state index in [0.717, 1.165) is 25.2 Å². The fourth-order valence-electron chi connectivity index (χ4n) is 3.25. The number of anilines is 1. The maximum atomic E-state index is 14.9. The number of hydrogen-bond acceptors (Lipinski definition) is 7. The van der Waals surface area contributed by atoms with Gasteiger partial charge < -0.3 is 10.4 Å². The number of nitriles is 1. The van der Waals surface area contributed by atoms with Crippen LogP contribution >= 0.6 is 0 Å². The van der Waals surface area contributed by atoms with E-state index in [1.54, 1.807) is 38.5 Å². The topological polar surface area (TPSA) is 165 Å². The molecule has 34 heavy (non-hydrogen) atoms. The summed E-state index contributed by atoms with van der Waals surface area (Å²) in [5.74, 6) is -2.42. The van der Waals surface area contributed by atoms with Crippen molar-refractivity contribution in [1.29, 1.82) is 5.26 Å². The van der Waals surface area contributed by atoms with Gasteiger partial charge in [-0.2, -0.15) is 5.26 Å². The summed E-state index contributed by atoms with van der Waals surface area (Å²) in [5.41, 5.74) is 0.305. The summed E-state index contributed by atoms with van der Waals surface area (Å²) >= 11 is 0. The van der Waals surface area contributed by atoms with Crippen LogP contribution in [0.25, 0.3) is 0 Å². The number of halogens is 1. The summed E-state index contributed by atoms with van der Waals surface area (Å²) in [6.07, 6.45) is 0. The third-order valence-corrected chi connectivity index (χ3v) is 7.71. The summed E-state index contributed by atoms with van der Waals surface area (Å²) in [5, 5.41) is 21.7. The second kappa shape index (κ2) is 9.96. The predicted octanol–water partition coefficient (Wildman–Crippen LogP) is 3.07. The monoisotopic (exact) mass is 512 g/mol. The van der Waals surface area contributed by atoms with Crippen molar-refractivity contribution < 1.29 is 31.1 Å². The zero-order chi connectivity index (χ0) is 26.0. The van der Waals surface area contributed by atoms with Crippen molar-refractivity contribution in [2.75, 3.05) is 12.4 Å². The molecule has 2 aromatic rings. The van der Waals surface area contributed by atoms with E-state index in [-0.39, 0.29) is 27.6 Å². The highest BCUT2D eigenvalue weighted by molar-refractivity contribution is 7.90. The molecule has 0 atom stereocenters. The van der Waals surface area contributed by atoms with Crippen molar-refractivity contribution >= 4 is 31.8 Å². The van der Waals surface area contributed by atoms with Crippen molar-refractivity contribution in [3.8, 4) is 11.8 Å². The summed E-state index contributed by atoms with van der Waals surface area (Å²) in [6.45, 7) is 6.83. The molecule has 0 saturated carbocycles. The van der Waals surface area contributed by atoms with Gasteiger partial charge in [-0.05, 0) is 42.6 Å². The van der Waals surface area contributed by atoms with Crippen LogP contribution in [0.5, 0.6) is 5.75 Å². The maximum Gasteiger partial charge on any atom is 0.333 e. The number of sulfonamides is 2. The first kappa shape index (κ1) is 27.0. The number of aromatic hydroxyl groups is 1. The van der Waals surface area contributed by atoms with Crippen LogP contribution in [0, 0.1) is 17.1 Å². The number of carbonyl (C=O) groups excluding carboxylic acids is 1. The molecule has 0 radical (unpaired) electrons. The largest absolute Gasteiger partial charge is 0.506 e. The van der Waals surface area contributed by atoms with Gasteiger partial charge in [0, 0.05) is 11.6 Å². The Morgan fingerprint density at radius 3 is 2.15 bits per heavy atom.